The van der Waals surface area contributed by atoms with Crippen molar-refractivity contribution in [2.45, 2.75) is 13.3 Å². The summed E-state index contributed by atoms with van der Waals surface area (Å²) in [4.78, 5) is 3.81. The molecule has 0 fully saturated rings. The van der Waals surface area contributed by atoms with Crippen LogP contribution in [0.25, 0.3) is 0 Å². The lowest BCUT2D eigenvalue weighted by molar-refractivity contribution is 0.593. The van der Waals surface area contributed by atoms with Crippen molar-refractivity contribution in [1.82, 2.24) is 4.98 Å². The molecule has 2 N–H and O–H groups in total. The highest BCUT2D eigenvalue weighted by atomic mass is 32.2. The predicted molar refractivity (Wildman–Crippen MR) is 61.1 cm³/mol. The molecule has 0 unspecified atom stereocenters. The summed E-state index contributed by atoms with van der Waals surface area (Å²) >= 11 is 0. The summed E-state index contributed by atoms with van der Waals surface area (Å²) in [5, 5.41) is 0. The van der Waals surface area contributed by atoms with Gasteiger partial charge in [0.15, 0.2) is 0 Å². The van der Waals surface area contributed by atoms with Gasteiger partial charge in [-0.2, -0.15) is 0 Å². The van der Waals surface area contributed by atoms with Gasteiger partial charge in [-0.05, 0) is 12.5 Å². The zero-order valence-corrected chi connectivity index (χ0v) is 9.66. The van der Waals surface area contributed by atoms with Crippen LogP contribution in [0.4, 0.5) is 11.4 Å². The number of aromatic nitrogens is 1. The van der Waals surface area contributed by atoms with Crippen molar-refractivity contribution in [2.24, 2.45) is 0 Å². The van der Waals surface area contributed by atoms with E-state index in [1.165, 1.54) is 23.7 Å². The number of sulfonamides is 1. The van der Waals surface area contributed by atoms with Gasteiger partial charge < -0.3 is 5.73 Å². The predicted octanol–water partition coefficient (Wildman–Crippen LogP) is 0.840. The minimum Gasteiger partial charge on any atom is -0.396 e. The van der Waals surface area contributed by atoms with Crippen molar-refractivity contribution < 1.29 is 8.42 Å². The Labute approximate surface area is 90.0 Å². The Bertz CT molecular complexity index is 431. The van der Waals surface area contributed by atoms with E-state index in [1.54, 1.807) is 6.07 Å². The number of hydrogen-bond donors (Lipinski definition) is 1. The first-order chi connectivity index (χ1) is 6.99. The maximum Gasteiger partial charge on any atom is 0.234 e. The fourth-order valence-corrected chi connectivity index (χ4v) is 2.49. The van der Waals surface area contributed by atoms with Crippen molar-refractivity contribution >= 4 is 21.4 Å². The lowest BCUT2D eigenvalue weighted by atomic mass is 10.3. The Balaban J connectivity index is 3.05. The van der Waals surface area contributed by atoms with E-state index >= 15 is 0 Å². The van der Waals surface area contributed by atoms with Crippen molar-refractivity contribution in [2.75, 3.05) is 22.8 Å². The van der Waals surface area contributed by atoms with Gasteiger partial charge in [0, 0.05) is 13.2 Å². The normalized spacial score (nSPS) is 11.3. The Hall–Kier alpha value is -1.30. The molecule has 0 amide bonds. The van der Waals surface area contributed by atoms with Crippen molar-refractivity contribution in [3.8, 4) is 0 Å². The highest BCUT2D eigenvalue weighted by molar-refractivity contribution is 7.92. The molecular weight excluding hydrogens is 214 g/mol. The minimum absolute atomic E-state index is 0.116. The monoisotopic (exact) mass is 229 g/mol. The maximum atomic E-state index is 11.7. The fourth-order valence-electron chi connectivity index (χ4n) is 1.23. The molecule has 0 atom stereocenters. The van der Waals surface area contributed by atoms with Gasteiger partial charge in [-0.25, -0.2) is 8.42 Å². The van der Waals surface area contributed by atoms with E-state index in [4.69, 9.17) is 5.73 Å². The molecular formula is C9H15N3O2S. The first-order valence-corrected chi connectivity index (χ1v) is 6.26. The summed E-state index contributed by atoms with van der Waals surface area (Å²) in [6, 6.07) is 1.59. The van der Waals surface area contributed by atoms with Gasteiger partial charge in [0.25, 0.3) is 0 Å². The summed E-state index contributed by atoms with van der Waals surface area (Å²) in [6.07, 6.45) is 3.54. The second kappa shape index (κ2) is 4.48. The summed E-state index contributed by atoms with van der Waals surface area (Å²) in [5.74, 6) is 0.116. The molecule has 5 nitrogen and oxygen atoms in total. The molecule has 0 aliphatic carbocycles. The molecule has 0 aliphatic rings. The molecule has 15 heavy (non-hydrogen) atoms. The van der Waals surface area contributed by atoms with Gasteiger partial charge in [0.1, 0.15) is 0 Å². The molecule has 0 spiro atoms. The van der Waals surface area contributed by atoms with E-state index in [-0.39, 0.29) is 5.75 Å². The van der Waals surface area contributed by atoms with Gasteiger partial charge in [0.2, 0.25) is 10.0 Å². The molecule has 0 aliphatic heterocycles. The second-order valence-corrected chi connectivity index (χ2v) is 5.34. The SMILES string of the molecule is CCCS(=O)(=O)N(C)c1ccncc1N. The van der Waals surface area contributed by atoms with Crippen LogP contribution in [-0.4, -0.2) is 26.2 Å². The smallest absolute Gasteiger partial charge is 0.234 e. The molecule has 0 radical (unpaired) electrons. The number of nitrogen functional groups attached to an aromatic ring is 1. The lowest BCUT2D eigenvalue weighted by Crippen LogP contribution is -2.29. The van der Waals surface area contributed by atoms with Gasteiger partial charge in [-0.3, -0.25) is 9.29 Å². The quantitative estimate of drug-likeness (QED) is 0.830. The van der Waals surface area contributed by atoms with Crippen LogP contribution in [0.5, 0.6) is 0 Å². The van der Waals surface area contributed by atoms with Crippen LogP contribution >= 0.6 is 0 Å². The summed E-state index contributed by atoms with van der Waals surface area (Å²) in [6.45, 7) is 1.82. The van der Waals surface area contributed by atoms with Crippen molar-refractivity contribution in [3.05, 3.63) is 18.5 Å². The third kappa shape index (κ3) is 2.59. The average molecular weight is 229 g/mol. The number of pyridine rings is 1. The third-order valence-corrected chi connectivity index (χ3v) is 4.00. The van der Waals surface area contributed by atoms with E-state index in [9.17, 15) is 8.42 Å². The van der Waals surface area contributed by atoms with Crippen LogP contribution in [0.2, 0.25) is 0 Å². The summed E-state index contributed by atoms with van der Waals surface area (Å²) in [7, 11) is -1.76. The summed E-state index contributed by atoms with van der Waals surface area (Å²) < 4.78 is 24.7. The zero-order chi connectivity index (χ0) is 11.5. The van der Waals surface area contributed by atoms with Crippen LogP contribution < -0.4 is 10.0 Å². The highest BCUT2D eigenvalue weighted by Crippen LogP contribution is 2.22. The molecule has 0 saturated heterocycles. The molecule has 6 heteroatoms. The number of rotatable bonds is 4. The minimum atomic E-state index is -3.26. The Kier molecular flexibility index (Phi) is 3.52. The van der Waals surface area contributed by atoms with E-state index in [0.29, 0.717) is 17.8 Å². The van der Waals surface area contributed by atoms with Gasteiger partial charge in [-0.1, -0.05) is 6.92 Å². The largest absolute Gasteiger partial charge is 0.396 e. The van der Waals surface area contributed by atoms with Gasteiger partial charge in [-0.15, -0.1) is 0 Å². The molecule has 84 valence electrons. The van der Waals surface area contributed by atoms with Crippen LogP contribution in [0.15, 0.2) is 18.5 Å². The van der Waals surface area contributed by atoms with E-state index in [0.717, 1.165) is 0 Å². The average Bonchev–Trinajstić information content (AvgIpc) is 2.17. The first kappa shape index (κ1) is 11.8. The molecule has 1 aromatic rings. The zero-order valence-electron chi connectivity index (χ0n) is 8.84. The highest BCUT2D eigenvalue weighted by Gasteiger charge is 2.18. The number of anilines is 2. The molecule has 0 aromatic carbocycles. The molecule has 1 heterocycles. The fraction of sp³-hybridized carbons (Fsp3) is 0.444. The van der Waals surface area contributed by atoms with E-state index < -0.39 is 10.0 Å². The van der Waals surface area contributed by atoms with Gasteiger partial charge >= 0.3 is 0 Å². The number of nitrogens with two attached hydrogens (primary N) is 1. The molecule has 1 rings (SSSR count). The van der Waals surface area contributed by atoms with Crippen LogP contribution in [0.3, 0.4) is 0 Å². The molecule has 0 saturated carbocycles. The molecule has 1 aromatic heterocycles. The van der Waals surface area contributed by atoms with Crippen LogP contribution in [-0.2, 0) is 10.0 Å². The standard InChI is InChI=1S/C9H15N3O2S/c1-3-6-15(13,14)12(2)9-4-5-11-7-8(9)10/h4-5,7H,3,6,10H2,1-2H3. The van der Waals surface area contributed by atoms with Gasteiger partial charge in [0.05, 0.1) is 23.3 Å². The first-order valence-electron chi connectivity index (χ1n) is 4.65. The third-order valence-electron chi connectivity index (χ3n) is 2.05. The van der Waals surface area contributed by atoms with E-state index in [1.807, 2.05) is 6.92 Å². The number of nitrogens with zero attached hydrogens (tertiary/aromatic N) is 2. The molecule has 0 bridgehead atoms. The van der Waals surface area contributed by atoms with Crippen molar-refractivity contribution in [3.63, 3.8) is 0 Å². The topological polar surface area (TPSA) is 76.3 Å². The van der Waals surface area contributed by atoms with Crippen LogP contribution in [0, 0.1) is 0 Å². The summed E-state index contributed by atoms with van der Waals surface area (Å²) in [5.41, 5.74) is 6.48. The Morgan fingerprint density at radius 3 is 2.73 bits per heavy atom. The Morgan fingerprint density at radius 1 is 1.53 bits per heavy atom. The Morgan fingerprint density at radius 2 is 2.20 bits per heavy atom. The maximum absolute atomic E-state index is 11.7. The number of hydrogen-bond acceptors (Lipinski definition) is 4. The van der Waals surface area contributed by atoms with E-state index in [2.05, 4.69) is 4.98 Å². The van der Waals surface area contributed by atoms with Crippen LogP contribution in [0.1, 0.15) is 13.3 Å². The van der Waals surface area contributed by atoms with Crippen molar-refractivity contribution in [1.29, 1.82) is 0 Å². The second-order valence-electron chi connectivity index (χ2n) is 3.22. The lowest BCUT2D eigenvalue weighted by Gasteiger charge is -2.20.